The molecule has 0 spiro atoms. The van der Waals surface area contributed by atoms with Crippen molar-refractivity contribution in [3.05, 3.63) is 52.7 Å². The second kappa shape index (κ2) is 6.24. The largest absolute Gasteiger partial charge is 0.467 e. The lowest BCUT2D eigenvalue weighted by molar-refractivity contribution is 0.508. The van der Waals surface area contributed by atoms with Crippen LogP contribution in [0.5, 0.6) is 0 Å². The number of H-pyrrole nitrogens is 1. The molecule has 0 bridgehead atoms. The van der Waals surface area contributed by atoms with E-state index in [1.165, 1.54) is 23.2 Å². The summed E-state index contributed by atoms with van der Waals surface area (Å²) in [7, 11) is -3.85. The van der Waals surface area contributed by atoms with Crippen molar-refractivity contribution in [2.75, 3.05) is 4.31 Å². The fourth-order valence-electron chi connectivity index (χ4n) is 2.30. The summed E-state index contributed by atoms with van der Waals surface area (Å²) in [4.78, 5) is 15.2. The first-order valence-corrected chi connectivity index (χ1v) is 10.1. The Hall–Kier alpha value is -2.24. The topological polar surface area (TPSA) is 105 Å². The standard InChI is InChI=1S/C14H10BrN5O3S2/c15-10-3-4-11(24-10)25(21,22)20(6-9-2-1-5-23-9)14-12-13(17-7-16-12)18-8-19-14/h1-5,7-8H,6H2,(H,16,17,18,19). The predicted octanol–water partition coefficient (Wildman–Crippen LogP) is 3.17. The zero-order valence-electron chi connectivity index (χ0n) is 12.5. The molecule has 25 heavy (non-hydrogen) atoms. The second-order valence-corrected chi connectivity index (χ2v) is 9.50. The van der Waals surface area contributed by atoms with Crippen molar-refractivity contribution in [2.24, 2.45) is 0 Å². The van der Waals surface area contributed by atoms with Gasteiger partial charge in [0.1, 0.15) is 21.8 Å². The summed E-state index contributed by atoms with van der Waals surface area (Å²) >= 11 is 4.42. The van der Waals surface area contributed by atoms with E-state index in [-0.39, 0.29) is 16.6 Å². The molecule has 0 atom stereocenters. The van der Waals surface area contributed by atoms with E-state index in [0.29, 0.717) is 16.9 Å². The van der Waals surface area contributed by atoms with Crippen molar-refractivity contribution in [1.82, 2.24) is 19.9 Å². The Morgan fingerprint density at radius 3 is 2.84 bits per heavy atom. The molecular formula is C14H10BrN5O3S2. The number of sulfonamides is 1. The van der Waals surface area contributed by atoms with Crippen LogP contribution in [0.25, 0.3) is 11.2 Å². The van der Waals surface area contributed by atoms with Gasteiger partial charge in [0.15, 0.2) is 11.5 Å². The van der Waals surface area contributed by atoms with Gasteiger partial charge in [-0.2, -0.15) is 0 Å². The van der Waals surface area contributed by atoms with Crippen molar-refractivity contribution in [1.29, 1.82) is 0 Å². The molecule has 0 aliphatic rings. The van der Waals surface area contributed by atoms with Crippen molar-refractivity contribution in [3.63, 3.8) is 0 Å². The van der Waals surface area contributed by atoms with Crippen molar-refractivity contribution in [2.45, 2.75) is 10.8 Å². The van der Waals surface area contributed by atoms with Crippen molar-refractivity contribution >= 4 is 54.3 Å². The maximum absolute atomic E-state index is 13.2. The zero-order valence-corrected chi connectivity index (χ0v) is 15.7. The Balaban J connectivity index is 1.89. The van der Waals surface area contributed by atoms with Gasteiger partial charge in [0.2, 0.25) is 0 Å². The Morgan fingerprint density at radius 1 is 1.24 bits per heavy atom. The van der Waals surface area contributed by atoms with Crippen LogP contribution < -0.4 is 4.31 Å². The number of hydrogen-bond donors (Lipinski definition) is 1. The quantitative estimate of drug-likeness (QED) is 0.511. The molecular weight excluding hydrogens is 430 g/mol. The van der Waals surface area contributed by atoms with Crippen LogP contribution in [0.1, 0.15) is 5.76 Å². The number of nitrogens with one attached hydrogen (secondary N) is 1. The van der Waals surface area contributed by atoms with Gasteiger partial charge in [-0.3, -0.25) is 0 Å². The smallest absolute Gasteiger partial charge is 0.275 e. The van der Waals surface area contributed by atoms with Crippen LogP contribution in [0.3, 0.4) is 0 Å². The number of anilines is 1. The fraction of sp³-hybridized carbons (Fsp3) is 0.0714. The van der Waals surface area contributed by atoms with Gasteiger partial charge >= 0.3 is 0 Å². The first-order chi connectivity index (χ1) is 12.1. The van der Waals surface area contributed by atoms with Crippen LogP contribution >= 0.6 is 27.3 Å². The fourth-order valence-corrected chi connectivity index (χ4v) is 5.83. The third-order valence-corrected chi connectivity index (χ3v) is 7.24. The Morgan fingerprint density at radius 2 is 2.12 bits per heavy atom. The van der Waals surface area contributed by atoms with E-state index in [4.69, 9.17) is 4.42 Å². The van der Waals surface area contributed by atoms with E-state index in [1.54, 1.807) is 24.3 Å². The highest BCUT2D eigenvalue weighted by atomic mass is 79.9. The summed E-state index contributed by atoms with van der Waals surface area (Å²) in [6.07, 6.45) is 4.23. The lowest BCUT2D eigenvalue weighted by Crippen LogP contribution is -2.31. The van der Waals surface area contributed by atoms with Gasteiger partial charge in [-0.1, -0.05) is 0 Å². The molecule has 0 aliphatic carbocycles. The first-order valence-electron chi connectivity index (χ1n) is 7.00. The minimum Gasteiger partial charge on any atom is -0.467 e. The SMILES string of the molecule is O=S(=O)(c1ccc(Br)s1)N(Cc1ccco1)c1ncnc2nc[nH]c12. The number of thiophene rings is 1. The third kappa shape index (κ3) is 2.94. The molecule has 0 aromatic carbocycles. The normalized spacial score (nSPS) is 11.9. The minimum atomic E-state index is -3.85. The molecule has 1 N–H and O–H groups in total. The number of fused-ring (bicyclic) bond motifs is 1. The van der Waals surface area contributed by atoms with E-state index in [0.717, 1.165) is 15.1 Å². The molecule has 8 nitrogen and oxygen atoms in total. The lowest BCUT2D eigenvalue weighted by atomic mass is 10.4. The van der Waals surface area contributed by atoms with Gasteiger partial charge in [0.25, 0.3) is 10.0 Å². The summed E-state index contributed by atoms with van der Waals surface area (Å²) < 4.78 is 33.9. The van der Waals surface area contributed by atoms with E-state index < -0.39 is 10.0 Å². The number of aromatic nitrogens is 4. The number of furan rings is 1. The highest BCUT2D eigenvalue weighted by molar-refractivity contribution is 9.11. The zero-order chi connectivity index (χ0) is 17.4. The van der Waals surface area contributed by atoms with E-state index >= 15 is 0 Å². The second-order valence-electron chi connectivity index (χ2n) is 4.95. The highest BCUT2D eigenvalue weighted by Crippen LogP contribution is 2.33. The van der Waals surface area contributed by atoms with Gasteiger partial charge in [-0.15, -0.1) is 11.3 Å². The van der Waals surface area contributed by atoms with Gasteiger partial charge in [0, 0.05) is 0 Å². The lowest BCUT2D eigenvalue weighted by Gasteiger charge is -2.21. The number of rotatable bonds is 5. The van der Waals surface area contributed by atoms with Crippen LogP contribution in [0.15, 0.2) is 55.6 Å². The van der Waals surface area contributed by atoms with E-state index in [1.807, 2.05) is 0 Å². The van der Waals surface area contributed by atoms with Crippen molar-refractivity contribution < 1.29 is 12.8 Å². The predicted molar refractivity (Wildman–Crippen MR) is 95.8 cm³/mol. The van der Waals surface area contributed by atoms with Gasteiger partial charge in [0.05, 0.1) is 22.9 Å². The van der Waals surface area contributed by atoms with Crippen LogP contribution in [0.4, 0.5) is 5.82 Å². The van der Waals surface area contributed by atoms with Crippen LogP contribution in [0.2, 0.25) is 0 Å². The molecule has 0 unspecified atom stereocenters. The molecule has 128 valence electrons. The molecule has 0 fully saturated rings. The summed E-state index contributed by atoms with van der Waals surface area (Å²) in [6, 6.07) is 6.64. The third-order valence-electron chi connectivity index (χ3n) is 3.41. The summed E-state index contributed by atoms with van der Waals surface area (Å²) in [5.41, 5.74) is 0.824. The summed E-state index contributed by atoms with van der Waals surface area (Å²) in [5.74, 6) is 0.703. The summed E-state index contributed by atoms with van der Waals surface area (Å²) in [5, 5.41) is 0. The molecule has 11 heteroatoms. The number of aromatic amines is 1. The minimum absolute atomic E-state index is 0.00398. The van der Waals surface area contributed by atoms with Crippen LogP contribution in [-0.2, 0) is 16.6 Å². The molecule has 4 aromatic heterocycles. The summed E-state index contributed by atoms with van der Waals surface area (Å²) in [6.45, 7) is -0.00398. The highest BCUT2D eigenvalue weighted by Gasteiger charge is 2.30. The van der Waals surface area contributed by atoms with Gasteiger partial charge in [-0.25, -0.2) is 27.7 Å². The molecule has 0 aliphatic heterocycles. The molecule has 0 saturated carbocycles. The molecule has 4 heterocycles. The Bertz CT molecular complexity index is 1120. The van der Waals surface area contributed by atoms with Gasteiger partial charge in [-0.05, 0) is 40.2 Å². The Labute approximate surface area is 154 Å². The first kappa shape index (κ1) is 16.2. The molecule has 0 radical (unpaired) electrons. The number of imidazole rings is 1. The van der Waals surface area contributed by atoms with Crippen LogP contribution in [0, 0.1) is 0 Å². The Kier molecular flexibility index (Phi) is 4.06. The van der Waals surface area contributed by atoms with Crippen LogP contribution in [-0.4, -0.2) is 28.4 Å². The molecule has 4 rings (SSSR count). The average Bonchev–Trinajstić information content (AvgIpc) is 3.33. The molecule has 4 aromatic rings. The van der Waals surface area contributed by atoms with E-state index in [9.17, 15) is 8.42 Å². The van der Waals surface area contributed by atoms with Gasteiger partial charge < -0.3 is 9.40 Å². The molecule has 0 amide bonds. The number of nitrogens with zero attached hydrogens (tertiary/aromatic N) is 4. The number of hydrogen-bond acceptors (Lipinski definition) is 7. The monoisotopic (exact) mass is 439 g/mol. The van der Waals surface area contributed by atoms with Crippen molar-refractivity contribution in [3.8, 4) is 0 Å². The molecule has 0 saturated heterocycles. The van der Waals surface area contributed by atoms with E-state index in [2.05, 4.69) is 35.9 Å². The average molecular weight is 440 g/mol. The number of halogens is 1. The maximum Gasteiger partial charge on any atom is 0.275 e. The maximum atomic E-state index is 13.2.